The highest BCUT2D eigenvalue weighted by atomic mass is 32.2. The molecule has 1 aromatic rings. The van der Waals surface area contributed by atoms with E-state index in [9.17, 15) is 4.79 Å². The third kappa shape index (κ3) is 4.28. The van der Waals surface area contributed by atoms with E-state index in [1.54, 1.807) is 4.90 Å². The lowest BCUT2D eigenvalue weighted by Gasteiger charge is -2.23. The number of rotatable bonds is 5. The molecule has 1 saturated carbocycles. The standard InChI is InChI=1S/C20H25NOS2/c1-2-15-8-10-17(11-9-15)14-18-19(22)21(20(23)24-18)13-12-16-6-4-3-5-7-16/h8-11,14,16H,2-7,12-13H2,1H3. The van der Waals surface area contributed by atoms with Crippen LogP contribution in [0, 0.1) is 5.92 Å². The SMILES string of the molecule is CCc1ccc(C=C2SC(=S)N(CCC3CCCCC3)C2=O)cc1. The first kappa shape index (κ1) is 17.7. The molecule has 1 aliphatic heterocycles. The summed E-state index contributed by atoms with van der Waals surface area (Å²) in [6.07, 6.45) is 10.8. The second-order valence-electron chi connectivity index (χ2n) is 6.72. The Hall–Kier alpha value is -1.13. The molecule has 0 radical (unpaired) electrons. The summed E-state index contributed by atoms with van der Waals surface area (Å²) in [5.41, 5.74) is 2.38. The van der Waals surface area contributed by atoms with E-state index in [4.69, 9.17) is 12.2 Å². The fourth-order valence-corrected chi connectivity index (χ4v) is 4.79. The lowest BCUT2D eigenvalue weighted by Crippen LogP contribution is -2.30. The summed E-state index contributed by atoms with van der Waals surface area (Å²) in [4.78, 5) is 15.2. The molecule has 0 aromatic heterocycles. The highest BCUT2D eigenvalue weighted by Crippen LogP contribution is 2.34. The van der Waals surface area contributed by atoms with Gasteiger partial charge in [-0.05, 0) is 36.0 Å². The van der Waals surface area contributed by atoms with Crippen LogP contribution >= 0.6 is 24.0 Å². The lowest BCUT2D eigenvalue weighted by molar-refractivity contribution is -0.122. The van der Waals surface area contributed by atoms with Gasteiger partial charge in [0.15, 0.2) is 0 Å². The van der Waals surface area contributed by atoms with Crippen LogP contribution in [0.3, 0.4) is 0 Å². The van der Waals surface area contributed by atoms with Crippen molar-refractivity contribution in [2.75, 3.05) is 6.54 Å². The first-order valence-corrected chi connectivity index (χ1v) is 10.2. The largest absolute Gasteiger partial charge is 0.293 e. The number of amides is 1. The van der Waals surface area contributed by atoms with Crippen molar-refractivity contribution in [1.82, 2.24) is 4.90 Å². The fraction of sp³-hybridized carbons (Fsp3) is 0.500. The summed E-state index contributed by atoms with van der Waals surface area (Å²) in [7, 11) is 0. The van der Waals surface area contributed by atoms with Crippen LogP contribution in [0.2, 0.25) is 0 Å². The van der Waals surface area contributed by atoms with Gasteiger partial charge in [-0.2, -0.15) is 0 Å². The molecule has 0 bridgehead atoms. The minimum absolute atomic E-state index is 0.0837. The molecule has 24 heavy (non-hydrogen) atoms. The third-order valence-corrected chi connectivity index (χ3v) is 6.42. The number of aryl methyl sites for hydroxylation is 1. The summed E-state index contributed by atoms with van der Waals surface area (Å²) in [6, 6.07) is 8.39. The van der Waals surface area contributed by atoms with Crippen LogP contribution in [0.4, 0.5) is 0 Å². The monoisotopic (exact) mass is 359 g/mol. The number of carbonyl (C=O) groups is 1. The number of carbonyl (C=O) groups excluding carboxylic acids is 1. The van der Waals surface area contributed by atoms with E-state index in [0.717, 1.165) is 35.8 Å². The molecule has 3 rings (SSSR count). The number of benzene rings is 1. The summed E-state index contributed by atoms with van der Waals surface area (Å²) in [5, 5.41) is 0. The van der Waals surface area contributed by atoms with Gasteiger partial charge in [0.05, 0.1) is 4.91 Å². The van der Waals surface area contributed by atoms with Crippen LogP contribution in [0.1, 0.15) is 56.6 Å². The Morgan fingerprint density at radius 1 is 1.21 bits per heavy atom. The van der Waals surface area contributed by atoms with E-state index in [1.165, 1.54) is 49.4 Å². The smallest absolute Gasteiger partial charge is 0.266 e. The molecule has 1 aromatic carbocycles. The van der Waals surface area contributed by atoms with Gasteiger partial charge in [-0.15, -0.1) is 0 Å². The quantitative estimate of drug-likeness (QED) is 0.517. The van der Waals surface area contributed by atoms with Crippen LogP contribution < -0.4 is 0 Å². The summed E-state index contributed by atoms with van der Waals surface area (Å²) >= 11 is 6.89. The van der Waals surface area contributed by atoms with Crippen LogP contribution in [0.15, 0.2) is 29.2 Å². The third-order valence-electron chi connectivity index (χ3n) is 5.05. The lowest BCUT2D eigenvalue weighted by atomic mass is 9.87. The first-order chi connectivity index (χ1) is 11.7. The number of hydrogen-bond acceptors (Lipinski definition) is 3. The molecule has 4 heteroatoms. The van der Waals surface area contributed by atoms with Crippen LogP contribution in [0.25, 0.3) is 6.08 Å². The maximum Gasteiger partial charge on any atom is 0.266 e. The molecule has 128 valence electrons. The van der Waals surface area contributed by atoms with Gasteiger partial charge in [0.1, 0.15) is 4.32 Å². The highest BCUT2D eigenvalue weighted by molar-refractivity contribution is 8.26. The van der Waals surface area contributed by atoms with E-state index in [0.29, 0.717) is 4.32 Å². The molecule has 1 aliphatic carbocycles. The van der Waals surface area contributed by atoms with E-state index in [2.05, 4.69) is 31.2 Å². The molecular weight excluding hydrogens is 334 g/mol. The molecule has 0 unspecified atom stereocenters. The maximum atomic E-state index is 12.7. The molecule has 1 heterocycles. The van der Waals surface area contributed by atoms with E-state index < -0.39 is 0 Å². The number of thioether (sulfide) groups is 1. The number of hydrogen-bond donors (Lipinski definition) is 0. The molecular formula is C20H25NOS2. The van der Waals surface area contributed by atoms with Gasteiger partial charge in [-0.1, -0.05) is 87.3 Å². The van der Waals surface area contributed by atoms with Gasteiger partial charge >= 0.3 is 0 Å². The van der Waals surface area contributed by atoms with Crippen molar-refractivity contribution in [2.24, 2.45) is 5.92 Å². The molecule has 2 aliphatic rings. The fourth-order valence-electron chi connectivity index (χ4n) is 3.48. The van der Waals surface area contributed by atoms with Crippen molar-refractivity contribution in [1.29, 1.82) is 0 Å². The van der Waals surface area contributed by atoms with Crippen molar-refractivity contribution in [3.8, 4) is 0 Å². The summed E-state index contributed by atoms with van der Waals surface area (Å²) in [6.45, 7) is 2.92. The molecule has 0 spiro atoms. The van der Waals surface area contributed by atoms with Crippen molar-refractivity contribution in [3.05, 3.63) is 40.3 Å². The molecule has 1 saturated heterocycles. The second-order valence-corrected chi connectivity index (χ2v) is 8.40. The van der Waals surface area contributed by atoms with Crippen molar-refractivity contribution < 1.29 is 4.79 Å². The normalized spacial score (nSPS) is 21.0. The minimum Gasteiger partial charge on any atom is -0.293 e. The zero-order chi connectivity index (χ0) is 16.9. The molecule has 0 atom stereocenters. The van der Waals surface area contributed by atoms with Crippen LogP contribution in [-0.2, 0) is 11.2 Å². The van der Waals surface area contributed by atoms with Gasteiger partial charge in [0.25, 0.3) is 5.91 Å². The van der Waals surface area contributed by atoms with Gasteiger partial charge < -0.3 is 0 Å². The predicted octanol–water partition coefficient (Wildman–Crippen LogP) is 5.42. The minimum atomic E-state index is 0.0837. The van der Waals surface area contributed by atoms with Crippen molar-refractivity contribution >= 4 is 40.3 Å². The zero-order valence-electron chi connectivity index (χ0n) is 14.3. The Morgan fingerprint density at radius 2 is 1.92 bits per heavy atom. The van der Waals surface area contributed by atoms with E-state index in [1.807, 2.05) is 6.08 Å². The van der Waals surface area contributed by atoms with Crippen molar-refractivity contribution in [3.63, 3.8) is 0 Å². The zero-order valence-corrected chi connectivity index (χ0v) is 15.9. The van der Waals surface area contributed by atoms with E-state index >= 15 is 0 Å². The Balaban J connectivity index is 1.63. The topological polar surface area (TPSA) is 20.3 Å². The van der Waals surface area contributed by atoms with Gasteiger partial charge in [-0.25, -0.2) is 0 Å². The Kier molecular flexibility index (Phi) is 6.12. The van der Waals surface area contributed by atoms with Crippen molar-refractivity contribution in [2.45, 2.75) is 51.9 Å². The Labute approximate surface area is 154 Å². The molecule has 0 N–H and O–H groups in total. The Bertz CT molecular complexity index is 630. The van der Waals surface area contributed by atoms with E-state index in [-0.39, 0.29) is 5.91 Å². The Morgan fingerprint density at radius 3 is 2.58 bits per heavy atom. The van der Waals surface area contributed by atoms with Gasteiger partial charge in [0.2, 0.25) is 0 Å². The van der Waals surface area contributed by atoms with Crippen LogP contribution in [-0.4, -0.2) is 21.7 Å². The molecule has 2 nitrogen and oxygen atoms in total. The molecule has 2 fully saturated rings. The van der Waals surface area contributed by atoms with Gasteiger partial charge in [-0.3, -0.25) is 9.69 Å². The highest BCUT2D eigenvalue weighted by Gasteiger charge is 2.32. The summed E-state index contributed by atoms with van der Waals surface area (Å²) < 4.78 is 0.715. The average Bonchev–Trinajstić information content (AvgIpc) is 2.88. The second kappa shape index (κ2) is 8.30. The summed E-state index contributed by atoms with van der Waals surface area (Å²) in [5.74, 6) is 0.856. The van der Waals surface area contributed by atoms with Gasteiger partial charge in [0, 0.05) is 6.54 Å². The number of nitrogens with zero attached hydrogens (tertiary/aromatic N) is 1. The van der Waals surface area contributed by atoms with Crippen LogP contribution in [0.5, 0.6) is 0 Å². The first-order valence-electron chi connectivity index (χ1n) is 9.01. The average molecular weight is 360 g/mol. The maximum absolute atomic E-state index is 12.7. The predicted molar refractivity (Wildman–Crippen MR) is 107 cm³/mol. The number of thiocarbonyl (C=S) groups is 1. The molecule has 1 amide bonds.